The van der Waals surface area contributed by atoms with Crippen molar-refractivity contribution in [2.45, 2.75) is 44.8 Å². The van der Waals surface area contributed by atoms with Gasteiger partial charge in [-0.25, -0.2) is 10.3 Å². The Morgan fingerprint density at radius 2 is 2.06 bits per heavy atom. The minimum absolute atomic E-state index is 0.0360. The fourth-order valence-electron chi connectivity index (χ4n) is 1.86. The number of piperidine rings is 1. The van der Waals surface area contributed by atoms with Crippen molar-refractivity contribution in [3.63, 3.8) is 0 Å². The third-order valence-electron chi connectivity index (χ3n) is 2.73. The van der Waals surface area contributed by atoms with Crippen LogP contribution in [0.2, 0.25) is 0 Å². The first-order valence-corrected chi connectivity index (χ1v) is 5.89. The Kier molecular flexibility index (Phi) is 4.18. The summed E-state index contributed by atoms with van der Waals surface area (Å²) in [5.74, 6) is -0.684. The molecule has 4 N–H and O–H groups in total. The summed E-state index contributed by atoms with van der Waals surface area (Å²) in [6, 6.07) is 0. The Balaban J connectivity index is 2.69. The largest absolute Gasteiger partial charge is 0.444 e. The number of carbonyl (C=O) groups is 2. The molecule has 1 atom stereocenters. The molecule has 2 amide bonds. The molecule has 0 saturated carbocycles. The molecule has 1 saturated heterocycles. The molecule has 0 bridgehead atoms. The molecule has 1 aliphatic rings. The van der Waals surface area contributed by atoms with E-state index in [0.29, 0.717) is 19.4 Å². The third-order valence-corrected chi connectivity index (χ3v) is 2.73. The summed E-state index contributed by atoms with van der Waals surface area (Å²) in [6.45, 7) is 5.84. The van der Waals surface area contributed by atoms with Crippen LogP contribution in [0.3, 0.4) is 0 Å². The molecular formula is C11H21N3O4. The second-order valence-corrected chi connectivity index (χ2v) is 5.60. The summed E-state index contributed by atoms with van der Waals surface area (Å²) < 4.78 is 5.22. The molecule has 1 rings (SSSR count). The predicted molar refractivity (Wildman–Crippen MR) is 63.9 cm³/mol. The fourth-order valence-corrected chi connectivity index (χ4v) is 1.86. The van der Waals surface area contributed by atoms with Gasteiger partial charge in [0.2, 0.25) is 0 Å². The number of hydrogen-bond acceptors (Lipinski definition) is 5. The van der Waals surface area contributed by atoms with Crippen LogP contribution in [0.1, 0.15) is 33.6 Å². The molecule has 0 spiro atoms. The molecule has 1 fully saturated rings. The molecule has 0 radical (unpaired) electrons. The van der Waals surface area contributed by atoms with Crippen LogP contribution in [-0.4, -0.2) is 46.3 Å². The topological polar surface area (TPSA) is 105 Å². The fraction of sp³-hybridized carbons (Fsp3) is 0.818. The lowest BCUT2D eigenvalue weighted by atomic mass is 9.89. The minimum Gasteiger partial charge on any atom is -0.444 e. The summed E-state index contributed by atoms with van der Waals surface area (Å²) in [5.41, 5.74) is 5.57. The maximum atomic E-state index is 11.9. The first-order chi connectivity index (χ1) is 8.18. The lowest BCUT2D eigenvalue weighted by Crippen LogP contribution is -2.63. The summed E-state index contributed by atoms with van der Waals surface area (Å²) in [6.07, 6.45) is 0.504. The monoisotopic (exact) mass is 259 g/mol. The highest BCUT2D eigenvalue weighted by atomic mass is 16.6. The summed E-state index contributed by atoms with van der Waals surface area (Å²) in [4.78, 5) is 24.7. The van der Waals surface area contributed by atoms with Crippen molar-refractivity contribution in [2.75, 3.05) is 13.1 Å². The highest BCUT2D eigenvalue weighted by molar-refractivity contribution is 5.86. The van der Waals surface area contributed by atoms with Gasteiger partial charge in [0.15, 0.2) is 0 Å². The Labute approximate surface area is 106 Å². The van der Waals surface area contributed by atoms with E-state index in [4.69, 9.17) is 15.7 Å². The number of carbonyl (C=O) groups excluding carboxylic acids is 2. The average Bonchev–Trinajstić information content (AvgIpc) is 2.25. The van der Waals surface area contributed by atoms with Gasteiger partial charge in [-0.1, -0.05) is 0 Å². The standard InChI is InChI=1S/C11H21N3O4/c1-10(2,3)18-9(16)14-6-4-5-11(12,7-14)8(15)13-17/h17H,4-7,12H2,1-3H3,(H,13,15). The van der Waals surface area contributed by atoms with E-state index >= 15 is 0 Å². The van der Waals surface area contributed by atoms with Gasteiger partial charge < -0.3 is 15.4 Å². The highest BCUT2D eigenvalue weighted by Crippen LogP contribution is 2.21. The van der Waals surface area contributed by atoms with E-state index in [-0.39, 0.29) is 6.54 Å². The maximum Gasteiger partial charge on any atom is 0.410 e. The predicted octanol–water partition coefficient (Wildman–Crippen LogP) is 0.220. The molecular weight excluding hydrogens is 238 g/mol. The van der Waals surface area contributed by atoms with Crippen molar-refractivity contribution in [3.8, 4) is 0 Å². The van der Waals surface area contributed by atoms with Crippen molar-refractivity contribution in [1.82, 2.24) is 10.4 Å². The molecule has 18 heavy (non-hydrogen) atoms. The summed E-state index contributed by atoms with van der Waals surface area (Å²) >= 11 is 0. The van der Waals surface area contributed by atoms with Crippen LogP contribution in [0.15, 0.2) is 0 Å². The average molecular weight is 259 g/mol. The van der Waals surface area contributed by atoms with Gasteiger partial charge in [0.25, 0.3) is 5.91 Å². The first-order valence-electron chi connectivity index (χ1n) is 5.89. The molecule has 0 aromatic carbocycles. The van der Waals surface area contributed by atoms with Crippen LogP contribution in [0.5, 0.6) is 0 Å². The van der Waals surface area contributed by atoms with Crippen LogP contribution in [0.25, 0.3) is 0 Å². The van der Waals surface area contributed by atoms with Gasteiger partial charge >= 0.3 is 6.09 Å². The Hall–Kier alpha value is -1.34. The molecule has 0 aromatic heterocycles. The molecule has 1 heterocycles. The number of nitrogens with zero attached hydrogens (tertiary/aromatic N) is 1. The van der Waals surface area contributed by atoms with E-state index < -0.39 is 23.1 Å². The van der Waals surface area contributed by atoms with Gasteiger partial charge in [0.1, 0.15) is 11.1 Å². The van der Waals surface area contributed by atoms with Crippen molar-refractivity contribution in [3.05, 3.63) is 0 Å². The SMILES string of the molecule is CC(C)(C)OC(=O)N1CCCC(N)(C(=O)NO)C1. The van der Waals surface area contributed by atoms with Crippen molar-refractivity contribution >= 4 is 12.0 Å². The summed E-state index contributed by atoms with van der Waals surface area (Å²) in [7, 11) is 0. The van der Waals surface area contributed by atoms with Crippen LogP contribution >= 0.6 is 0 Å². The quantitative estimate of drug-likeness (QED) is 0.461. The van der Waals surface area contributed by atoms with Gasteiger partial charge in [0, 0.05) is 6.54 Å². The second-order valence-electron chi connectivity index (χ2n) is 5.60. The number of hydrogen-bond donors (Lipinski definition) is 3. The number of ether oxygens (including phenoxy) is 1. The number of likely N-dealkylation sites (tertiary alicyclic amines) is 1. The molecule has 7 heteroatoms. The van der Waals surface area contributed by atoms with Crippen LogP contribution in [0.4, 0.5) is 4.79 Å². The van der Waals surface area contributed by atoms with E-state index in [1.165, 1.54) is 4.90 Å². The van der Waals surface area contributed by atoms with E-state index in [2.05, 4.69) is 0 Å². The number of nitrogens with two attached hydrogens (primary N) is 1. The van der Waals surface area contributed by atoms with Crippen molar-refractivity contribution in [1.29, 1.82) is 0 Å². The zero-order valence-electron chi connectivity index (χ0n) is 11.0. The normalized spacial score (nSPS) is 24.6. The van der Waals surface area contributed by atoms with Crippen LogP contribution in [-0.2, 0) is 9.53 Å². The molecule has 7 nitrogen and oxygen atoms in total. The number of hydroxylamine groups is 1. The molecule has 1 aliphatic heterocycles. The molecule has 104 valence electrons. The van der Waals surface area contributed by atoms with Gasteiger partial charge in [0.05, 0.1) is 6.54 Å². The van der Waals surface area contributed by atoms with Gasteiger partial charge in [-0.3, -0.25) is 10.0 Å². The van der Waals surface area contributed by atoms with Gasteiger partial charge in [-0.2, -0.15) is 0 Å². The molecule has 0 aromatic rings. The Morgan fingerprint density at radius 3 is 2.56 bits per heavy atom. The zero-order chi connectivity index (χ0) is 14.0. The Morgan fingerprint density at radius 1 is 1.44 bits per heavy atom. The van der Waals surface area contributed by atoms with E-state index in [0.717, 1.165) is 0 Å². The van der Waals surface area contributed by atoms with E-state index in [1.807, 2.05) is 0 Å². The Bertz CT molecular complexity index is 340. The number of rotatable bonds is 1. The van der Waals surface area contributed by atoms with E-state index in [9.17, 15) is 9.59 Å². The third kappa shape index (κ3) is 3.58. The minimum atomic E-state index is -1.26. The molecule has 0 aliphatic carbocycles. The number of amides is 2. The zero-order valence-corrected chi connectivity index (χ0v) is 11.0. The lowest BCUT2D eigenvalue weighted by molar-refractivity contribution is -0.136. The smallest absolute Gasteiger partial charge is 0.410 e. The van der Waals surface area contributed by atoms with Gasteiger partial charge in [-0.15, -0.1) is 0 Å². The first kappa shape index (κ1) is 14.7. The second kappa shape index (κ2) is 5.11. The molecule has 1 unspecified atom stereocenters. The number of nitrogens with one attached hydrogen (secondary N) is 1. The highest BCUT2D eigenvalue weighted by Gasteiger charge is 2.41. The maximum absolute atomic E-state index is 11.9. The van der Waals surface area contributed by atoms with Crippen LogP contribution < -0.4 is 11.2 Å². The van der Waals surface area contributed by atoms with Crippen molar-refractivity contribution < 1.29 is 19.5 Å². The van der Waals surface area contributed by atoms with Crippen molar-refractivity contribution in [2.24, 2.45) is 5.73 Å². The lowest BCUT2D eigenvalue weighted by Gasteiger charge is -2.38. The van der Waals surface area contributed by atoms with Crippen LogP contribution in [0, 0.1) is 0 Å². The summed E-state index contributed by atoms with van der Waals surface area (Å²) in [5, 5.41) is 8.65. The van der Waals surface area contributed by atoms with Gasteiger partial charge in [-0.05, 0) is 33.6 Å². The van der Waals surface area contributed by atoms with E-state index in [1.54, 1.807) is 26.3 Å².